The average molecular weight is 312 g/mol. The largest absolute Gasteiger partial charge is 0.267 e. The number of aromatic nitrogens is 3. The van der Waals surface area contributed by atoms with Gasteiger partial charge in [0.15, 0.2) is 0 Å². The van der Waals surface area contributed by atoms with Crippen molar-refractivity contribution in [2.24, 2.45) is 5.41 Å². The fraction of sp³-hybridized carbons (Fsp3) is 0.385. The lowest BCUT2D eigenvalue weighted by Crippen LogP contribution is -2.13. The Morgan fingerprint density at radius 2 is 2.33 bits per heavy atom. The van der Waals surface area contributed by atoms with E-state index >= 15 is 0 Å². The number of hydrogen-bond acceptors (Lipinski definition) is 2. The van der Waals surface area contributed by atoms with Crippen LogP contribution < -0.4 is 0 Å². The van der Waals surface area contributed by atoms with Crippen LogP contribution in [-0.2, 0) is 13.0 Å². The minimum atomic E-state index is -0.376. The average Bonchev–Trinajstić information content (AvgIpc) is 2.97. The molecule has 2 aromatic heterocycles. The first-order chi connectivity index (χ1) is 9.58. The van der Waals surface area contributed by atoms with Crippen molar-refractivity contribution in [3.8, 4) is 11.4 Å². The van der Waals surface area contributed by atoms with Crippen LogP contribution in [0.5, 0.6) is 0 Å². The molecule has 0 saturated carbocycles. The minimum absolute atomic E-state index is 0.219. The van der Waals surface area contributed by atoms with Crippen molar-refractivity contribution in [1.82, 2.24) is 14.8 Å². The predicted octanol–water partition coefficient (Wildman–Crippen LogP) is 3.43. The highest BCUT2D eigenvalue weighted by atomic mass is 79.9. The standard InChI is InChI=1S/C13H13BrFN3/c1-13(2)5-10-11(14)12(17-18(10)7-13)9-4-3-8(15)6-16-9/h3-4,6H,5,7H2,1-2H3/i1D,2D. The maximum Gasteiger partial charge on any atom is 0.141 e. The van der Waals surface area contributed by atoms with Crippen LogP contribution in [0.25, 0.3) is 11.4 Å². The molecule has 1 aliphatic heterocycles. The second-order valence-electron chi connectivity index (χ2n) is 4.81. The molecule has 0 bridgehead atoms. The molecule has 0 aromatic carbocycles. The van der Waals surface area contributed by atoms with Gasteiger partial charge in [-0.05, 0) is 39.9 Å². The number of pyridine rings is 1. The summed E-state index contributed by atoms with van der Waals surface area (Å²) in [6.45, 7) is 1.02. The SMILES string of the molecule is [2H]CC1(C[2H])Cc2c(Br)c(-c3ccc(F)cn3)nn2C1. The van der Waals surface area contributed by atoms with Gasteiger partial charge in [-0.25, -0.2) is 4.39 Å². The van der Waals surface area contributed by atoms with Crippen LogP contribution in [0.1, 0.15) is 22.2 Å². The summed E-state index contributed by atoms with van der Waals surface area (Å²) in [4.78, 5) is 4.04. The molecule has 94 valence electrons. The van der Waals surface area contributed by atoms with E-state index in [1.165, 1.54) is 12.3 Å². The van der Waals surface area contributed by atoms with Crippen LogP contribution in [0.3, 0.4) is 0 Å². The molecule has 0 aliphatic carbocycles. The van der Waals surface area contributed by atoms with Gasteiger partial charge in [0.2, 0.25) is 0 Å². The van der Waals surface area contributed by atoms with Crippen molar-refractivity contribution in [3.05, 3.63) is 34.3 Å². The second-order valence-corrected chi connectivity index (χ2v) is 5.60. The lowest BCUT2D eigenvalue weighted by Gasteiger charge is -2.14. The number of fused-ring (bicyclic) bond motifs is 1. The molecular formula is C13H13BrFN3. The quantitative estimate of drug-likeness (QED) is 0.808. The third-order valence-electron chi connectivity index (χ3n) is 2.99. The highest BCUT2D eigenvalue weighted by molar-refractivity contribution is 9.10. The summed E-state index contributed by atoms with van der Waals surface area (Å²) in [5.41, 5.74) is 1.95. The number of hydrogen-bond donors (Lipinski definition) is 0. The summed E-state index contributed by atoms with van der Waals surface area (Å²) in [7, 11) is 0. The molecule has 0 amide bonds. The highest BCUT2D eigenvalue weighted by Crippen LogP contribution is 2.39. The predicted molar refractivity (Wildman–Crippen MR) is 70.6 cm³/mol. The first-order valence-corrected chi connectivity index (χ1v) is 6.33. The van der Waals surface area contributed by atoms with Crippen molar-refractivity contribution >= 4 is 15.9 Å². The Balaban J connectivity index is 1.98. The molecule has 0 fully saturated rings. The Bertz CT molecular complexity index is 638. The first kappa shape index (κ1) is 9.67. The van der Waals surface area contributed by atoms with E-state index in [9.17, 15) is 4.39 Å². The summed E-state index contributed by atoms with van der Waals surface area (Å²) >= 11 is 3.53. The number of rotatable bonds is 1. The lowest BCUT2D eigenvalue weighted by molar-refractivity contribution is 0.347. The van der Waals surface area contributed by atoms with Crippen molar-refractivity contribution < 1.29 is 7.13 Å². The summed E-state index contributed by atoms with van der Waals surface area (Å²) in [5, 5.41) is 4.50. The molecule has 0 unspecified atom stereocenters. The Kier molecular flexibility index (Phi) is 2.08. The molecule has 18 heavy (non-hydrogen) atoms. The summed E-state index contributed by atoms with van der Waals surface area (Å²) < 4.78 is 30.9. The Hall–Kier alpha value is -1.23. The van der Waals surface area contributed by atoms with Gasteiger partial charge in [-0.1, -0.05) is 13.8 Å². The van der Waals surface area contributed by atoms with Crippen LogP contribution >= 0.6 is 15.9 Å². The minimum Gasteiger partial charge on any atom is -0.267 e. The second kappa shape index (κ2) is 3.88. The Morgan fingerprint density at radius 1 is 1.50 bits per heavy atom. The van der Waals surface area contributed by atoms with Gasteiger partial charge in [-0.3, -0.25) is 9.67 Å². The third-order valence-corrected chi connectivity index (χ3v) is 3.82. The zero-order valence-corrected chi connectivity index (χ0v) is 11.2. The molecule has 5 heteroatoms. The molecule has 0 spiro atoms. The van der Waals surface area contributed by atoms with Gasteiger partial charge in [0.05, 0.1) is 22.1 Å². The third kappa shape index (κ3) is 1.86. The molecule has 3 nitrogen and oxygen atoms in total. The van der Waals surface area contributed by atoms with Gasteiger partial charge in [0.1, 0.15) is 11.5 Å². The monoisotopic (exact) mass is 311 g/mol. The van der Waals surface area contributed by atoms with Crippen molar-refractivity contribution in [2.45, 2.75) is 26.8 Å². The maximum atomic E-state index is 12.9. The van der Waals surface area contributed by atoms with Gasteiger partial charge < -0.3 is 0 Å². The Labute approximate surface area is 116 Å². The first-order valence-electron chi connectivity index (χ1n) is 6.95. The Morgan fingerprint density at radius 3 is 2.94 bits per heavy atom. The van der Waals surface area contributed by atoms with Crippen molar-refractivity contribution in [1.29, 1.82) is 0 Å². The molecular weight excluding hydrogens is 297 g/mol. The van der Waals surface area contributed by atoms with Crippen molar-refractivity contribution in [2.75, 3.05) is 0 Å². The molecule has 0 N–H and O–H groups in total. The van der Waals surface area contributed by atoms with Crippen LogP contribution in [0.15, 0.2) is 22.8 Å². The van der Waals surface area contributed by atoms with E-state index in [0.717, 1.165) is 10.2 Å². The van der Waals surface area contributed by atoms with E-state index in [1.54, 1.807) is 6.07 Å². The van der Waals surface area contributed by atoms with E-state index < -0.39 is 0 Å². The normalized spacial score (nSPS) is 18.3. The van der Waals surface area contributed by atoms with Crippen LogP contribution in [0.4, 0.5) is 4.39 Å². The fourth-order valence-electron chi connectivity index (χ4n) is 2.18. The number of halogens is 2. The highest BCUT2D eigenvalue weighted by Gasteiger charge is 2.33. The summed E-state index contributed by atoms with van der Waals surface area (Å²) in [5.74, 6) is -0.376. The molecule has 2 aromatic rings. The van der Waals surface area contributed by atoms with Gasteiger partial charge in [-0.2, -0.15) is 5.10 Å². The van der Waals surface area contributed by atoms with E-state index in [2.05, 4.69) is 26.0 Å². The zero-order valence-electron chi connectivity index (χ0n) is 11.7. The van der Waals surface area contributed by atoms with E-state index in [0.29, 0.717) is 24.4 Å². The molecule has 3 heterocycles. The zero-order chi connectivity index (χ0) is 14.3. The van der Waals surface area contributed by atoms with Gasteiger partial charge in [0, 0.05) is 9.29 Å². The van der Waals surface area contributed by atoms with Crippen LogP contribution in [-0.4, -0.2) is 14.8 Å². The van der Waals surface area contributed by atoms with E-state index in [1.807, 2.05) is 4.68 Å². The van der Waals surface area contributed by atoms with Crippen molar-refractivity contribution in [3.63, 3.8) is 0 Å². The van der Waals surface area contributed by atoms with Crippen LogP contribution in [0, 0.1) is 11.2 Å². The smallest absolute Gasteiger partial charge is 0.141 e. The van der Waals surface area contributed by atoms with Gasteiger partial charge >= 0.3 is 0 Å². The van der Waals surface area contributed by atoms with Gasteiger partial charge in [0.25, 0.3) is 0 Å². The summed E-state index contributed by atoms with van der Waals surface area (Å²) in [6.07, 6.45) is 1.83. The molecule has 0 radical (unpaired) electrons. The molecule has 0 atom stereocenters. The molecule has 3 rings (SSSR count). The van der Waals surface area contributed by atoms with E-state index in [4.69, 9.17) is 2.74 Å². The maximum absolute atomic E-state index is 12.9. The van der Waals surface area contributed by atoms with Gasteiger partial charge in [-0.15, -0.1) is 0 Å². The van der Waals surface area contributed by atoms with Crippen LogP contribution in [0.2, 0.25) is 0 Å². The number of nitrogens with zero attached hydrogens (tertiary/aromatic N) is 3. The molecule has 0 saturated heterocycles. The van der Waals surface area contributed by atoms with E-state index in [-0.39, 0.29) is 25.0 Å². The topological polar surface area (TPSA) is 30.7 Å². The fourth-order valence-corrected chi connectivity index (χ4v) is 2.81. The molecule has 1 aliphatic rings. The summed E-state index contributed by atoms with van der Waals surface area (Å²) in [6, 6.07) is 2.96. The lowest BCUT2D eigenvalue weighted by atomic mass is 9.91.